The molecule has 0 saturated heterocycles. The monoisotopic (exact) mass is 541 g/mol. The predicted molar refractivity (Wildman–Crippen MR) is 163 cm³/mol. The van der Waals surface area contributed by atoms with Crippen molar-refractivity contribution in [3.63, 3.8) is 0 Å². The molecule has 38 heavy (non-hydrogen) atoms. The van der Waals surface area contributed by atoms with Gasteiger partial charge in [0.25, 0.3) is 0 Å². The Balaban J connectivity index is 1.44. The van der Waals surface area contributed by atoms with E-state index in [4.69, 9.17) is 17.0 Å². The zero-order chi connectivity index (χ0) is 26.6. The first-order chi connectivity index (χ1) is 18.6. The molecule has 5 nitrogen and oxygen atoms in total. The number of unbranched alkanes of at least 4 members (excludes halogenated alkanes) is 1. The molecule has 0 aromatic heterocycles. The molecule has 7 heteroatoms. The highest BCUT2D eigenvalue weighted by atomic mass is 32.2. The Morgan fingerprint density at radius 3 is 2.13 bits per heavy atom. The summed E-state index contributed by atoms with van der Waals surface area (Å²) in [5.74, 6) is 0.704. The Morgan fingerprint density at radius 1 is 0.789 bits per heavy atom. The molecule has 1 unspecified atom stereocenters. The first-order valence-corrected chi connectivity index (χ1v) is 13.9. The van der Waals surface area contributed by atoms with Gasteiger partial charge >= 0.3 is 0 Å². The second kappa shape index (κ2) is 14.2. The van der Waals surface area contributed by atoms with Crippen LogP contribution in [0.2, 0.25) is 0 Å². The molecule has 1 atom stereocenters. The van der Waals surface area contributed by atoms with Crippen LogP contribution in [0, 0.1) is 0 Å². The molecule has 4 rings (SSSR count). The van der Waals surface area contributed by atoms with Crippen LogP contribution in [0.5, 0.6) is 5.75 Å². The van der Waals surface area contributed by atoms with Crippen molar-refractivity contribution in [1.82, 2.24) is 0 Å². The summed E-state index contributed by atoms with van der Waals surface area (Å²) >= 11 is 6.97. The number of thiocarbonyl (C=S) groups is 1. The minimum Gasteiger partial charge on any atom is -0.494 e. The molecule has 0 spiro atoms. The maximum atomic E-state index is 13.5. The number of carbonyl (C=O) groups excluding carboxylic acids is 1. The molecular formula is C31H31N3O2S2. The largest absolute Gasteiger partial charge is 0.494 e. The third kappa shape index (κ3) is 8.36. The smallest absolute Gasteiger partial charge is 0.242 e. The first kappa shape index (κ1) is 27.2. The fourth-order valence-corrected chi connectivity index (χ4v) is 4.99. The van der Waals surface area contributed by atoms with E-state index in [1.807, 2.05) is 109 Å². The van der Waals surface area contributed by atoms with Crippen LogP contribution in [0.1, 0.15) is 30.6 Å². The van der Waals surface area contributed by atoms with E-state index < -0.39 is 5.25 Å². The van der Waals surface area contributed by atoms with E-state index >= 15 is 0 Å². The Morgan fingerprint density at radius 2 is 1.42 bits per heavy atom. The fraction of sp³-hybridized carbons (Fsp3) is 0.161. The van der Waals surface area contributed by atoms with Gasteiger partial charge in [-0.3, -0.25) is 4.79 Å². The zero-order valence-electron chi connectivity index (χ0n) is 21.2. The van der Waals surface area contributed by atoms with E-state index in [1.165, 1.54) is 11.8 Å². The molecule has 0 radical (unpaired) electrons. The average molecular weight is 542 g/mol. The number of thioether (sulfide) groups is 1. The molecule has 0 heterocycles. The van der Waals surface area contributed by atoms with Crippen molar-refractivity contribution >= 4 is 52.1 Å². The number of amides is 1. The second-order valence-electron chi connectivity index (χ2n) is 8.60. The van der Waals surface area contributed by atoms with Crippen molar-refractivity contribution in [3.05, 3.63) is 115 Å². The summed E-state index contributed by atoms with van der Waals surface area (Å²) in [6.07, 6.45) is 2.10. The summed E-state index contributed by atoms with van der Waals surface area (Å²) in [5, 5.41) is 9.53. The number of anilines is 3. The van der Waals surface area contributed by atoms with Gasteiger partial charge in [0.2, 0.25) is 5.91 Å². The van der Waals surface area contributed by atoms with Crippen molar-refractivity contribution in [2.45, 2.75) is 29.9 Å². The SMILES string of the molecule is CCCCOc1ccc(NC(=O)C(Sc2cccc(NC(=S)Nc3ccccc3)c2)c2ccccc2)cc1. The summed E-state index contributed by atoms with van der Waals surface area (Å²) in [6, 6.07) is 35.0. The van der Waals surface area contributed by atoms with Gasteiger partial charge in [-0.1, -0.05) is 67.9 Å². The number of ether oxygens (including phenoxy) is 1. The molecule has 194 valence electrons. The van der Waals surface area contributed by atoms with Crippen LogP contribution >= 0.6 is 24.0 Å². The summed E-state index contributed by atoms with van der Waals surface area (Å²) < 4.78 is 5.74. The molecule has 0 aliphatic heterocycles. The van der Waals surface area contributed by atoms with Gasteiger partial charge in [0.05, 0.1) is 6.61 Å². The van der Waals surface area contributed by atoms with Crippen LogP contribution in [-0.4, -0.2) is 17.6 Å². The van der Waals surface area contributed by atoms with Crippen LogP contribution in [0.15, 0.2) is 114 Å². The Labute approximate surface area is 234 Å². The molecular weight excluding hydrogens is 510 g/mol. The molecule has 0 bridgehead atoms. The summed E-state index contributed by atoms with van der Waals surface area (Å²) in [4.78, 5) is 14.4. The zero-order valence-corrected chi connectivity index (χ0v) is 22.9. The molecule has 0 aliphatic carbocycles. The van der Waals surface area contributed by atoms with Gasteiger partial charge in [0.15, 0.2) is 5.11 Å². The molecule has 3 N–H and O–H groups in total. The number of nitrogens with one attached hydrogen (secondary N) is 3. The number of benzene rings is 4. The van der Waals surface area contributed by atoms with Gasteiger partial charge in [-0.15, -0.1) is 11.8 Å². The van der Waals surface area contributed by atoms with Crippen molar-refractivity contribution in [2.24, 2.45) is 0 Å². The number of hydrogen-bond acceptors (Lipinski definition) is 4. The third-order valence-electron chi connectivity index (χ3n) is 5.61. The average Bonchev–Trinajstić information content (AvgIpc) is 2.94. The quantitative estimate of drug-likeness (QED) is 0.101. The predicted octanol–water partition coefficient (Wildman–Crippen LogP) is 8.15. The van der Waals surface area contributed by atoms with Crippen LogP contribution in [0.25, 0.3) is 0 Å². The third-order valence-corrected chi connectivity index (χ3v) is 7.06. The Hall–Kier alpha value is -3.81. The van der Waals surface area contributed by atoms with Gasteiger partial charge in [0, 0.05) is 22.0 Å². The lowest BCUT2D eigenvalue weighted by Crippen LogP contribution is -2.19. The van der Waals surface area contributed by atoms with E-state index in [1.54, 1.807) is 0 Å². The maximum Gasteiger partial charge on any atom is 0.242 e. The number of rotatable bonds is 11. The van der Waals surface area contributed by atoms with E-state index in [9.17, 15) is 4.79 Å². The normalized spacial score (nSPS) is 11.3. The lowest BCUT2D eigenvalue weighted by Gasteiger charge is -2.18. The highest BCUT2D eigenvalue weighted by Crippen LogP contribution is 2.37. The van der Waals surface area contributed by atoms with Gasteiger partial charge in [0.1, 0.15) is 11.0 Å². The van der Waals surface area contributed by atoms with E-state index in [-0.39, 0.29) is 5.91 Å². The standard InChI is InChI=1S/C31H31N3O2S2/c1-2-3-21-36-27-19-17-25(18-20-27)32-30(35)29(23-11-6-4-7-12-23)38-28-16-10-15-26(22-28)34-31(37)33-24-13-8-5-9-14-24/h4-20,22,29H,2-3,21H2,1H3,(H,32,35)(H2,33,34,37). The summed E-state index contributed by atoms with van der Waals surface area (Å²) in [5.41, 5.74) is 3.41. The Kier molecular flexibility index (Phi) is 10.2. The molecule has 0 saturated carbocycles. The first-order valence-electron chi connectivity index (χ1n) is 12.6. The number of hydrogen-bond donors (Lipinski definition) is 3. The van der Waals surface area contributed by atoms with Gasteiger partial charge in [-0.2, -0.15) is 0 Å². The van der Waals surface area contributed by atoms with E-state index in [0.717, 1.165) is 46.1 Å². The van der Waals surface area contributed by atoms with Gasteiger partial charge in [-0.25, -0.2) is 0 Å². The summed E-state index contributed by atoms with van der Waals surface area (Å²) in [6.45, 7) is 2.82. The second-order valence-corrected chi connectivity index (χ2v) is 10.2. The van der Waals surface area contributed by atoms with Crippen LogP contribution in [0.4, 0.5) is 17.1 Å². The van der Waals surface area contributed by atoms with Crippen molar-refractivity contribution in [2.75, 3.05) is 22.6 Å². The molecule has 0 fully saturated rings. The lowest BCUT2D eigenvalue weighted by molar-refractivity contribution is -0.115. The van der Waals surface area contributed by atoms with Gasteiger partial charge < -0.3 is 20.7 Å². The lowest BCUT2D eigenvalue weighted by atomic mass is 10.1. The Bertz CT molecular complexity index is 1320. The van der Waals surface area contributed by atoms with Crippen LogP contribution in [0.3, 0.4) is 0 Å². The van der Waals surface area contributed by atoms with Crippen molar-refractivity contribution in [3.8, 4) is 5.75 Å². The molecule has 0 aliphatic rings. The minimum atomic E-state index is -0.443. The minimum absolute atomic E-state index is 0.0968. The number of carbonyl (C=O) groups is 1. The highest BCUT2D eigenvalue weighted by Gasteiger charge is 2.22. The highest BCUT2D eigenvalue weighted by molar-refractivity contribution is 8.00. The fourth-order valence-electron chi connectivity index (χ4n) is 3.68. The summed E-state index contributed by atoms with van der Waals surface area (Å²) in [7, 11) is 0. The van der Waals surface area contributed by atoms with Crippen LogP contribution in [-0.2, 0) is 4.79 Å². The molecule has 4 aromatic carbocycles. The van der Waals surface area contributed by atoms with Gasteiger partial charge in [-0.05, 0) is 78.8 Å². The van der Waals surface area contributed by atoms with Crippen molar-refractivity contribution < 1.29 is 9.53 Å². The molecule has 1 amide bonds. The molecule has 4 aromatic rings. The maximum absolute atomic E-state index is 13.5. The topological polar surface area (TPSA) is 62.4 Å². The van der Waals surface area contributed by atoms with E-state index in [0.29, 0.717) is 11.7 Å². The van der Waals surface area contributed by atoms with Crippen molar-refractivity contribution in [1.29, 1.82) is 0 Å². The number of para-hydroxylation sites is 1. The van der Waals surface area contributed by atoms with Crippen LogP contribution < -0.4 is 20.7 Å². The van der Waals surface area contributed by atoms with E-state index in [2.05, 4.69) is 22.9 Å².